The highest BCUT2D eigenvalue weighted by atomic mass is 19.1. The number of benzene rings is 1. The van der Waals surface area contributed by atoms with E-state index in [1.165, 1.54) is 4.90 Å². The minimum absolute atomic E-state index is 0.0529. The quantitative estimate of drug-likeness (QED) is 0.874. The zero-order valence-electron chi connectivity index (χ0n) is 10.6. The SMILES string of the molecule is CC(CCN)C(=O)N(C)Cc1cc(F)ccc1F. The summed E-state index contributed by atoms with van der Waals surface area (Å²) in [7, 11) is 1.57. The van der Waals surface area contributed by atoms with Crippen LogP contribution < -0.4 is 5.73 Å². The van der Waals surface area contributed by atoms with E-state index in [0.29, 0.717) is 13.0 Å². The van der Waals surface area contributed by atoms with E-state index >= 15 is 0 Å². The summed E-state index contributed by atoms with van der Waals surface area (Å²) in [6.07, 6.45) is 0.578. The number of nitrogens with zero attached hydrogens (tertiary/aromatic N) is 1. The van der Waals surface area contributed by atoms with Crippen molar-refractivity contribution in [2.45, 2.75) is 19.9 Å². The van der Waals surface area contributed by atoms with Gasteiger partial charge in [-0.2, -0.15) is 0 Å². The third kappa shape index (κ3) is 3.77. The molecule has 0 fully saturated rings. The fourth-order valence-electron chi connectivity index (χ4n) is 1.75. The molecule has 0 aliphatic rings. The first-order valence-electron chi connectivity index (χ1n) is 5.84. The molecule has 0 radical (unpaired) electrons. The van der Waals surface area contributed by atoms with E-state index in [9.17, 15) is 13.6 Å². The van der Waals surface area contributed by atoms with E-state index in [1.54, 1.807) is 14.0 Å². The van der Waals surface area contributed by atoms with E-state index in [4.69, 9.17) is 5.73 Å². The summed E-state index contributed by atoms with van der Waals surface area (Å²) in [6.45, 7) is 2.25. The molecule has 1 amide bonds. The van der Waals surface area contributed by atoms with E-state index in [-0.39, 0.29) is 23.9 Å². The molecule has 0 saturated heterocycles. The number of hydrogen-bond donors (Lipinski definition) is 1. The van der Waals surface area contributed by atoms with Gasteiger partial charge < -0.3 is 10.6 Å². The summed E-state index contributed by atoms with van der Waals surface area (Å²) < 4.78 is 26.4. The largest absolute Gasteiger partial charge is 0.341 e. The lowest BCUT2D eigenvalue weighted by atomic mass is 10.1. The monoisotopic (exact) mass is 256 g/mol. The van der Waals surface area contributed by atoms with Gasteiger partial charge in [0.05, 0.1) is 0 Å². The van der Waals surface area contributed by atoms with Gasteiger partial charge in [-0.25, -0.2) is 8.78 Å². The van der Waals surface area contributed by atoms with Crippen molar-refractivity contribution in [3.63, 3.8) is 0 Å². The zero-order chi connectivity index (χ0) is 13.7. The molecule has 0 bridgehead atoms. The van der Waals surface area contributed by atoms with Crippen LogP contribution in [0, 0.1) is 17.6 Å². The van der Waals surface area contributed by atoms with Crippen molar-refractivity contribution < 1.29 is 13.6 Å². The maximum absolute atomic E-state index is 13.4. The first-order chi connectivity index (χ1) is 8.45. The Hall–Kier alpha value is -1.49. The molecule has 1 aromatic rings. The van der Waals surface area contributed by atoms with Gasteiger partial charge in [-0.05, 0) is 31.2 Å². The van der Waals surface area contributed by atoms with Gasteiger partial charge in [-0.1, -0.05) is 6.92 Å². The van der Waals surface area contributed by atoms with E-state index in [0.717, 1.165) is 18.2 Å². The van der Waals surface area contributed by atoms with Crippen molar-refractivity contribution in [3.8, 4) is 0 Å². The molecule has 3 nitrogen and oxygen atoms in total. The van der Waals surface area contributed by atoms with Gasteiger partial charge in [0.1, 0.15) is 11.6 Å². The first kappa shape index (κ1) is 14.6. The van der Waals surface area contributed by atoms with Crippen LogP contribution in [-0.4, -0.2) is 24.4 Å². The molecule has 0 spiro atoms. The lowest BCUT2D eigenvalue weighted by molar-refractivity contribution is -0.134. The molecular formula is C13H18F2N2O. The van der Waals surface area contributed by atoms with Gasteiger partial charge in [-0.15, -0.1) is 0 Å². The van der Waals surface area contributed by atoms with E-state index < -0.39 is 11.6 Å². The number of hydrogen-bond acceptors (Lipinski definition) is 2. The summed E-state index contributed by atoms with van der Waals surface area (Å²) >= 11 is 0. The summed E-state index contributed by atoms with van der Waals surface area (Å²) in [4.78, 5) is 13.3. The number of amides is 1. The molecule has 1 rings (SSSR count). The van der Waals surface area contributed by atoms with Crippen molar-refractivity contribution in [2.24, 2.45) is 11.7 Å². The molecule has 0 aliphatic heterocycles. The third-order valence-corrected chi connectivity index (χ3v) is 2.81. The highest BCUT2D eigenvalue weighted by Crippen LogP contribution is 2.14. The summed E-state index contributed by atoms with van der Waals surface area (Å²) in [5.74, 6) is -1.36. The van der Waals surface area contributed by atoms with Crippen LogP contribution in [-0.2, 0) is 11.3 Å². The van der Waals surface area contributed by atoms with Crippen LogP contribution in [0.3, 0.4) is 0 Å². The van der Waals surface area contributed by atoms with Gasteiger partial charge in [-0.3, -0.25) is 4.79 Å². The van der Waals surface area contributed by atoms with Crippen LogP contribution in [0.2, 0.25) is 0 Å². The van der Waals surface area contributed by atoms with Crippen molar-refractivity contribution >= 4 is 5.91 Å². The Kier molecular flexibility index (Phi) is 5.22. The maximum atomic E-state index is 13.4. The molecule has 0 heterocycles. The van der Waals surface area contributed by atoms with Crippen LogP contribution in [0.4, 0.5) is 8.78 Å². The minimum atomic E-state index is -0.512. The van der Waals surface area contributed by atoms with E-state index in [2.05, 4.69) is 0 Å². The predicted octanol–water partition coefficient (Wildman–Crippen LogP) is 1.91. The van der Waals surface area contributed by atoms with Crippen LogP contribution >= 0.6 is 0 Å². The lowest BCUT2D eigenvalue weighted by Crippen LogP contribution is -2.32. The third-order valence-electron chi connectivity index (χ3n) is 2.81. The molecule has 100 valence electrons. The maximum Gasteiger partial charge on any atom is 0.225 e. The lowest BCUT2D eigenvalue weighted by Gasteiger charge is -2.21. The summed E-state index contributed by atoms with van der Waals surface area (Å²) in [5.41, 5.74) is 5.56. The first-order valence-corrected chi connectivity index (χ1v) is 5.84. The molecule has 5 heteroatoms. The van der Waals surface area contributed by atoms with Crippen LogP contribution in [0.15, 0.2) is 18.2 Å². The topological polar surface area (TPSA) is 46.3 Å². The normalized spacial score (nSPS) is 12.3. The summed E-state index contributed by atoms with van der Waals surface area (Å²) in [6, 6.07) is 3.22. The molecule has 0 aliphatic carbocycles. The van der Waals surface area contributed by atoms with Gasteiger partial charge in [0.2, 0.25) is 5.91 Å². The minimum Gasteiger partial charge on any atom is -0.341 e. The number of carbonyl (C=O) groups excluding carboxylic acids is 1. The Bertz CT molecular complexity index is 423. The van der Waals surface area contributed by atoms with Crippen molar-refractivity contribution in [1.82, 2.24) is 4.90 Å². The van der Waals surface area contributed by atoms with Crippen molar-refractivity contribution in [3.05, 3.63) is 35.4 Å². The second kappa shape index (κ2) is 6.44. The molecule has 1 unspecified atom stereocenters. The molecule has 0 aromatic heterocycles. The Morgan fingerprint density at radius 2 is 2.11 bits per heavy atom. The van der Waals surface area contributed by atoms with Crippen LogP contribution in [0.1, 0.15) is 18.9 Å². The Labute approximate surface area is 106 Å². The fraction of sp³-hybridized carbons (Fsp3) is 0.462. The van der Waals surface area contributed by atoms with Crippen LogP contribution in [0.5, 0.6) is 0 Å². The average Bonchev–Trinajstić information content (AvgIpc) is 2.33. The number of rotatable bonds is 5. The Morgan fingerprint density at radius 3 is 2.72 bits per heavy atom. The van der Waals surface area contributed by atoms with Gasteiger partial charge in [0.25, 0.3) is 0 Å². The Balaban J connectivity index is 2.72. The highest BCUT2D eigenvalue weighted by molar-refractivity contribution is 5.78. The summed E-state index contributed by atoms with van der Waals surface area (Å²) in [5, 5.41) is 0. The highest BCUT2D eigenvalue weighted by Gasteiger charge is 2.18. The Morgan fingerprint density at radius 1 is 1.44 bits per heavy atom. The van der Waals surface area contributed by atoms with Crippen molar-refractivity contribution in [2.75, 3.05) is 13.6 Å². The van der Waals surface area contributed by atoms with Crippen molar-refractivity contribution in [1.29, 1.82) is 0 Å². The standard InChI is InChI=1S/C13H18F2N2O/c1-9(5-6-16)13(18)17(2)8-10-7-11(14)3-4-12(10)15/h3-4,7,9H,5-6,8,16H2,1-2H3. The number of nitrogens with two attached hydrogens (primary N) is 1. The van der Waals surface area contributed by atoms with E-state index in [1.807, 2.05) is 0 Å². The molecule has 2 N–H and O–H groups in total. The number of halogens is 2. The van der Waals surface area contributed by atoms with Gasteiger partial charge in [0.15, 0.2) is 0 Å². The molecule has 18 heavy (non-hydrogen) atoms. The van der Waals surface area contributed by atoms with Gasteiger partial charge in [0, 0.05) is 25.1 Å². The average molecular weight is 256 g/mol. The molecule has 1 atom stereocenters. The van der Waals surface area contributed by atoms with Crippen LogP contribution in [0.25, 0.3) is 0 Å². The fourth-order valence-corrected chi connectivity index (χ4v) is 1.75. The molecular weight excluding hydrogens is 238 g/mol. The smallest absolute Gasteiger partial charge is 0.225 e. The zero-order valence-corrected chi connectivity index (χ0v) is 10.6. The predicted molar refractivity (Wildman–Crippen MR) is 65.7 cm³/mol. The second-order valence-electron chi connectivity index (χ2n) is 4.41. The second-order valence-corrected chi connectivity index (χ2v) is 4.41. The number of carbonyl (C=O) groups is 1. The van der Waals surface area contributed by atoms with Gasteiger partial charge >= 0.3 is 0 Å². The molecule has 0 saturated carbocycles. The molecule has 1 aromatic carbocycles.